The quantitative estimate of drug-likeness (QED) is 0.757. The second-order valence-corrected chi connectivity index (χ2v) is 4.43. The molecule has 6 heteroatoms. The molecule has 4 N–H and O–H groups in total. The van der Waals surface area contributed by atoms with Crippen molar-refractivity contribution >= 4 is 34.7 Å². The number of nitrogens with one attached hydrogen (secondary N) is 2. The van der Waals surface area contributed by atoms with E-state index in [1.54, 1.807) is 36.4 Å². The molecule has 5 nitrogen and oxygen atoms in total. The molecule has 104 valence electrons. The lowest BCUT2D eigenvalue weighted by Crippen LogP contribution is -2.20. The summed E-state index contributed by atoms with van der Waals surface area (Å²) in [6, 6.07) is 11.5. The van der Waals surface area contributed by atoms with Gasteiger partial charge in [-0.3, -0.25) is 0 Å². The number of hydrogen-bond acceptors (Lipinski definition) is 3. The number of methoxy groups -OCH3 is 1. The zero-order valence-corrected chi connectivity index (χ0v) is 11.6. The van der Waals surface area contributed by atoms with Crippen LogP contribution in [0.4, 0.5) is 21.9 Å². The molecule has 0 aliphatic heterocycles. The molecular weight excluding hydrogens is 278 g/mol. The molecule has 0 saturated heterocycles. The number of rotatable bonds is 3. The summed E-state index contributed by atoms with van der Waals surface area (Å²) in [6.07, 6.45) is 0. The number of nitrogens with two attached hydrogens (primary N) is 1. The third kappa shape index (κ3) is 3.33. The smallest absolute Gasteiger partial charge is 0.323 e. The van der Waals surface area contributed by atoms with Gasteiger partial charge in [0, 0.05) is 5.69 Å². The number of nitrogen functional groups attached to an aromatic ring is 1. The highest BCUT2D eigenvalue weighted by molar-refractivity contribution is 6.34. The Bertz CT molecular complexity index is 632. The largest absolute Gasteiger partial charge is 0.495 e. The van der Waals surface area contributed by atoms with E-state index in [4.69, 9.17) is 22.1 Å². The van der Waals surface area contributed by atoms with Crippen molar-refractivity contribution in [2.75, 3.05) is 23.5 Å². The minimum Gasteiger partial charge on any atom is -0.495 e. The fraction of sp³-hybridized carbons (Fsp3) is 0.0714. The summed E-state index contributed by atoms with van der Waals surface area (Å²) >= 11 is 5.98. The summed E-state index contributed by atoms with van der Waals surface area (Å²) in [6.45, 7) is 0. The molecule has 0 unspecified atom stereocenters. The molecule has 0 aliphatic rings. The lowest BCUT2D eigenvalue weighted by molar-refractivity contribution is 0.262. The molecule has 0 radical (unpaired) electrons. The van der Waals surface area contributed by atoms with Crippen LogP contribution < -0.4 is 21.1 Å². The van der Waals surface area contributed by atoms with Gasteiger partial charge in [0.2, 0.25) is 0 Å². The van der Waals surface area contributed by atoms with Gasteiger partial charge in [-0.25, -0.2) is 4.79 Å². The predicted molar refractivity (Wildman–Crippen MR) is 81.5 cm³/mol. The van der Waals surface area contributed by atoms with Gasteiger partial charge >= 0.3 is 6.03 Å². The summed E-state index contributed by atoms with van der Waals surface area (Å²) in [5.74, 6) is 0.571. The normalized spacial score (nSPS) is 9.90. The molecule has 0 spiro atoms. The fourth-order valence-corrected chi connectivity index (χ4v) is 1.83. The average Bonchev–Trinajstić information content (AvgIpc) is 2.43. The first-order valence-electron chi connectivity index (χ1n) is 5.86. The van der Waals surface area contributed by atoms with E-state index in [0.29, 0.717) is 27.8 Å². The zero-order valence-electron chi connectivity index (χ0n) is 10.8. The van der Waals surface area contributed by atoms with Crippen LogP contribution in [-0.4, -0.2) is 13.1 Å². The van der Waals surface area contributed by atoms with Crippen LogP contribution in [0.5, 0.6) is 5.75 Å². The van der Waals surface area contributed by atoms with E-state index < -0.39 is 6.03 Å². The summed E-state index contributed by atoms with van der Waals surface area (Å²) < 4.78 is 5.15. The molecule has 2 aromatic carbocycles. The first-order valence-corrected chi connectivity index (χ1v) is 6.24. The van der Waals surface area contributed by atoms with Crippen LogP contribution in [-0.2, 0) is 0 Å². The molecule has 2 amide bonds. The molecule has 0 heterocycles. The third-order valence-corrected chi connectivity index (χ3v) is 2.92. The Hall–Kier alpha value is -2.40. The minimum atomic E-state index is -0.429. The molecule has 0 atom stereocenters. The van der Waals surface area contributed by atoms with E-state index in [9.17, 15) is 4.79 Å². The van der Waals surface area contributed by atoms with Gasteiger partial charge in [-0.15, -0.1) is 0 Å². The van der Waals surface area contributed by atoms with E-state index in [-0.39, 0.29) is 0 Å². The Morgan fingerprint density at radius 2 is 1.85 bits per heavy atom. The van der Waals surface area contributed by atoms with E-state index in [0.717, 1.165) is 0 Å². The first-order chi connectivity index (χ1) is 9.60. The Labute approximate surface area is 121 Å². The molecule has 0 aliphatic carbocycles. The van der Waals surface area contributed by atoms with Gasteiger partial charge in [-0.1, -0.05) is 23.7 Å². The second-order valence-electron chi connectivity index (χ2n) is 4.02. The highest BCUT2D eigenvalue weighted by atomic mass is 35.5. The monoisotopic (exact) mass is 291 g/mol. The molecule has 2 aromatic rings. The zero-order chi connectivity index (χ0) is 14.5. The standard InChI is InChI=1S/C14H14ClN3O2/c1-20-13-5-3-2-4-11(13)17-14(19)18-12-8-9(16)6-7-10(12)15/h2-8H,16H2,1H3,(H2,17,18,19). The van der Waals surface area contributed by atoms with Crippen LogP contribution >= 0.6 is 11.6 Å². The Morgan fingerprint density at radius 3 is 2.60 bits per heavy atom. The van der Waals surface area contributed by atoms with Gasteiger partial charge in [0.15, 0.2) is 0 Å². The molecule has 0 aromatic heterocycles. The summed E-state index contributed by atoms with van der Waals surface area (Å²) in [5, 5.41) is 5.73. The maximum atomic E-state index is 11.9. The molecule has 2 rings (SSSR count). The van der Waals surface area contributed by atoms with Crippen LogP contribution in [0.2, 0.25) is 5.02 Å². The number of carbonyl (C=O) groups excluding carboxylic acids is 1. The van der Waals surface area contributed by atoms with E-state index in [2.05, 4.69) is 10.6 Å². The number of carbonyl (C=O) groups is 1. The van der Waals surface area contributed by atoms with Crippen LogP contribution in [0.25, 0.3) is 0 Å². The maximum absolute atomic E-state index is 11.9. The number of ether oxygens (including phenoxy) is 1. The van der Waals surface area contributed by atoms with Crippen molar-refractivity contribution in [3.05, 3.63) is 47.5 Å². The topological polar surface area (TPSA) is 76.4 Å². The predicted octanol–water partition coefficient (Wildman–Crippen LogP) is 3.57. The average molecular weight is 292 g/mol. The highest BCUT2D eigenvalue weighted by Gasteiger charge is 2.09. The van der Waals surface area contributed by atoms with Crippen LogP contribution in [0, 0.1) is 0 Å². The van der Waals surface area contributed by atoms with Crippen LogP contribution in [0.3, 0.4) is 0 Å². The fourth-order valence-electron chi connectivity index (χ4n) is 1.66. The lowest BCUT2D eigenvalue weighted by Gasteiger charge is -2.12. The van der Waals surface area contributed by atoms with Crippen molar-refractivity contribution in [1.29, 1.82) is 0 Å². The van der Waals surface area contributed by atoms with Crippen molar-refractivity contribution in [2.45, 2.75) is 0 Å². The van der Waals surface area contributed by atoms with Gasteiger partial charge in [-0.05, 0) is 30.3 Å². The molecule has 0 fully saturated rings. The van der Waals surface area contributed by atoms with Crippen molar-refractivity contribution in [2.24, 2.45) is 0 Å². The van der Waals surface area contributed by atoms with E-state index in [1.165, 1.54) is 7.11 Å². The van der Waals surface area contributed by atoms with Crippen molar-refractivity contribution in [3.63, 3.8) is 0 Å². The molecule has 0 bridgehead atoms. The number of urea groups is 1. The molecular formula is C14H14ClN3O2. The van der Waals surface area contributed by atoms with Crippen molar-refractivity contribution in [3.8, 4) is 5.75 Å². The molecule has 0 saturated carbocycles. The van der Waals surface area contributed by atoms with Crippen molar-refractivity contribution < 1.29 is 9.53 Å². The Balaban J connectivity index is 2.11. The van der Waals surface area contributed by atoms with Crippen LogP contribution in [0.15, 0.2) is 42.5 Å². The second kappa shape index (κ2) is 6.16. The van der Waals surface area contributed by atoms with Gasteiger partial charge in [0.25, 0.3) is 0 Å². The number of hydrogen-bond donors (Lipinski definition) is 3. The summed E-state index contributed by atoms with van der Waals surface area (Å²) in [4.78, 5) is 11.9. The lowest BCUT2D eigenvalue weighted by atomic mass is 10.3. The van der Waals surface area contributed by atoms with Gasteiger partial charge in [-0.2, -0.15) is 0 Å². The van der Waals surface area contributed by atoms with Crippen LogP contribution in [0.1, 0.15) is 0 Å². The third-order valence-electron chi connectivity index (χ3n) is 2.59. The molecule has 20 heavy (non-hydrogen) atoms. The number of para-hydroxylation sites is 2. The van der Waals surface area contributed by atoms with E-state index in [1.807, 2.05) is 6.07 Å². The highest BCUT2D eigenvalue weighted by Crippen LogP contribution is 2.26. The Kier molecular flexibility index (Phi) is 4.32. The van der Waals surface area contributed by atoms with Gasteiger partial charge in [0.1, 0.15) is 5.75 Å². The Morgan fingerprint density at radius 1 is 1.15 bits per heavy atom. The van der Waals surface area contributed by atoms with Gasteiger partial charge in [0.05, 0.1) is 23.5 Å². The number of benzene rings is 2. The van der Waals surface area contributed by atoms with Crippen molar-refractivity contribution in [1.82, 2.24) is 0 Å². The van der Waals surface area contributed by atoms with E-state index >= 15 is 0 Å². The van der Waals surface area contributed by atoms with Gasteiger partial charge < -0.3 is 21.1 Å². The minimum absolute atomic E-state index is 0.411. The number of anilines is 3. The SMILES string of the molecule is COc1ccccc1NC(=O)Nc1cc(N)ccc1Cl. The number of halogens is 1. The summed E-state index contributed by atoms with van der Waals surface area (Å²) in [7, 11) is 1.53. The summed E-state index contributed by atoms with van der Waals surface area (Å²) in [5.41, 5.74) is 7.17. The maximum Gasteiger partial charge on any atom is 0.323 e. The first kappa shape index (κ1) is 14.0. The number of amides is 2.